The molecular formula is C26H24N4O3S. The first-order valence-electron chi connectivity index (χ1n) is 10.8. The number of rotatable bonds is 5. The van der Waals surface area contributed by atoms with Crippen molar-refractivity contribution in [1.29, 1.82) is 0 Å². The minimum atomic E-state index is -0.639. The molecule has 8 heteroatoms. The van der Waals surface area contributed by atoms with Crippen molar-refractivity contribution in [2.24, 2.45) is 0 Å². The van der Waals surface area contributed by atoms with Crippen molar-refractivity contribution in [3.8, 4) is 5.69 Å². The van der Waals surface area contributed by atoms with Gasteiger partial charge in [0.05, 0.1) is 21.8 Å². The van der Waals surface area contributed by atoms with E-state index < -0.39 is 17.1 Å². The fraction of sp³-hybridized carbons (Fsp3) is 0.154. The molecule has 7 nitrogen and oxygen atoms in total. The highest BCUT2D eigenvalue weighted by Crippen LogP contribution is 2.27. The van der Waals surface area contributed by atoms with Gasteiger partial charge in [0, 0.05) is 5.56 Å². The number of aryl methyl sites for hydroxylation is 2. The Balaban J connectivity index is 1.65. The Labute approximate surface area is 201 Å². The van der Waals surface area contributed by atoms with E-state index in [1.807, 2.05) is 38.1 Å². The van der Waals surface area contributed by atoms with Crippen molar-refractivity contribution in [1.82, 2.24) is 20.4 Å². The van der Waals surface area contributed by atoms with E-state index in [-0.39, 0.29) is 5.56 Å². The van der Waals surface area contributed by atoms with Crippen molar-refractivity contribution in [3.63, 3.8) is 0 Å². The van der Waals surface area contributed by atoms with Gasteiger partial charge in [0.25, 0.3) is 17.4 Å². The second-order valence-electron chi connectivity index (χ2n) is 7.86. The van der Waals surface area contributed by atoms with Crippen molar-refractivity contribution >= 4 is 34.5 Å². The molecule has 0 radical (unpaired) electrons. The molecule has 0 fully saturated rings. The van der Waals surface area contributed by atoms with Crippen molar-refractivity contribution < 1.29 is 9.59 Å². The van der Waals surface area contributed by atoms with Gasteiger partial charge in [0.15, 0.2) is 5.16 Å². The van der Waals surface area contributed by atoms with Gasteiger partial charge in [0.1, 0.15) is 0 Å². The van der Waals surface area contributed by atoms with E-state index in [0.717, 1.165) is 28.6 Å². The maximum atomic E-state index is 13.5. The van der Waals surface area contributed by atoms with E-state index in [4.69, 9.17) is 4.98 Å². The standard InChI is InChI=1S/C26H24N4O3S/c1-16-10-9-11-17(2)22(16)30-25(33)20-14-7-8-15-21(20)27-26(30)34-18(3)23(31)28-29-24(32)19-12-5-4-6-13-19/h4-15,18H,1-3H3,(H,28,31)(H,29,32)/t18-/m1/s1. The minimum Gasteiger partial charge on any atom is -0.272 e. The molecule has 0 saturated heterocycles. The third-order valence-corrected chi connectivity index (χ3v) is 6.45. The first kappa shape index (κ1) is 23.3. The number of hydrogen-bond acceptors (Lipinski definition) is 5. The van der Waals surface area contributed by atoms with Crippen LogP contribution in [0.25, 0.3) is 16.6 Å². The van der Waals surface area contributed by atoms with Crippen LogP contribution in [0.5, 0.6) is 0 Å². The van der Waals surface area contributed by atoms with E-state index in [0.29, 0.717) is 21.6 Å². The van der Waals surface area contributed by atoms with Crippen LogP contribution in [0.15, 0.2) is 82.7 Å². The Bertz CT molecular complexity index is 1410. The number of carbonyl (C=O) groups excluding carboxylic acids is 2. The van der Waals surface area contributed by atoms with Crippen LogP contribution >= 0.6 is 11.8 Å². The highest BCUT2D eigenvalue weighted by atomic mass is 32.2. The van der Waals surface area contributed by atoms with E-state index >= 15 is 0 Å². The van der Waals surface area contributed by atoms with Gasteiger partial charge >= 0.3 is 0 Å². The summed E-state index contributed by atoms with van der Waals surface area (Å²) in [7, 11) is 0. The van der Waals surface area contributed by atoms with E-state index in [1.165, 1.54) is 0 Å². The van der Waals surface area contributed by atoms with Crippen LogP contribution in [0.2, 0.25) is 0 Å². The normalized spacial score (nSPS) is 11.7. The Morgan fingerprint density at radius 1 is 0.882 bits per heavy atom. The minimum absolute atomic E-state index is 0.199. The Morgan fingerprint density at radius 2 is 1.53 bits per heavy atom. The summed E-state index contributed by atoms with van der Waals surface area (Å²) >= 11 is 1.16. The second kappa shape index (κ2) is 9.93. The number of nitrogens with zero attached hydrogens (tertiary/aromatic N) is 2. The van der Waals surface area contributed by atoms with Gasteiger partial charge in [-0.2, -0.15) is 0 Å². The molecule has 0 aliphatic carbocycles. The third-order valence-electron chi connectivity index (χ3n) is 5.39. The summed E-state index contributed by atoms with van der Waals surface area (Å²) in [4.78, 5) is 43.2. The van der Waals surface area contributed by atoms with E-state index in [1.54, 1.807) is 60.0 Å². The van der Waals surface area contributed by atoms with Crippen LogP contribution in [0.4, 0.5) is 0 Å². The fourth-order valence-corrected chi connectivity index (χ4v) is 4.55. The molecule has 172 valence electrons. The lowest BCUT2D eigenvalue weighted by Crippen LogP contribution is -2.45. The predicted molar refractivity (Wildman–Crippen MR) is 134 cm³/mol. The van der Waals surface area contributed by atoms with Gasteiger partial charge < -0.3 is 0 Å². The molecule has 0 aliphatic heterocycles. The van der Waals surface area contributed by atoms with Crippen molar-refractivity contribution in [3.05, 3.63) is 99.8 Å². The topological polar surface area (TPSA) is 93.1 Å². The molecule has 2 N–H and O–H groups in total. The van der Waals surface area contributed by atoms with Gasteiger partial charge in [0.2, 0.25) is 0 Å². The zero-order valence-electron chi connectivity index (χ0n) is 19.0. The average molecular weight is 473 g/mol. The van der Waals surface area contributed by atoms with Gasteiger partial charge in [-0.15, -0.1) is 0 Å². The monoisotopic (exact) mass is 472 g/mol. The number of thioether (sulfide) groups is 1. The number of aromatic nitrogens is 2. The number of carbonyl (C=O) groups is 2. The maximum Gasteiger partial charge on any atom is 0.269 e. The summed E-state index contributed by atoms with van der Waals surface area (Å²) in [5.74, 6) is -0.827. The molecule has 2 amide bonds. The lowest BCUT2D eigenvalue weighted by molar-refractivity contribution is -0.121. The SMILES string of the molecule is Cc1cccc(C)c1-n1c(S[C@H](C)C(=O)NNC(=O)c2ccccc2)nc2ccccc2c1=O. The van der Waals surface area contributed by atoms with E-state index in [2.05, 4.69) is 10.9 Å². The Kier molecular flexibility index (Phi) is 6.79. The highest BCUT2D eigenvalue weighted by molar-refractivity contribution is 8.00. The summed E-state index contributed by atoms with van der Waals surface area (Å²) in [6, 6.07) is 21.6. The predicted octanol–water partition coefficient (Wildman–Crippen LogP) is 3.94. The molecule has 1 atom stereocenters. The number of para-hydroxylation sites is 2. The smallest absolute Gasteiger partial charge is 0.269 e. The number of amides is 2. The molecule has 0 aliphatic rings. The molecule has 0 saturated carbocycles. The molecule has 0 bridgehead atoms. The van der Waals surface area contributed by atoms with Gasteiger partial charge in [-0.1, -0.05) is 60.3 Å². The molecular weight excluding hydrogens is 448 g/mol. The number of benzene rings is 3. The summed E-state index contributed by atoms with van der Waals surface area (Å²) in [6.45, 7) is 5.58. The van der Waals surface area contributed by atoms with Gasteiger partial charge in [-0.3, -0.25) is 29.8 Å². The largest absolute Gasteiger partial charge is 0.272 e. The highest BCUT2D eigenvalue weighted by Gasteiger charge is 2.22. The van der Waals surface area contributed by atoms with Crippen LogP contribution in [0.3, 0.4) is 0 Å². The second-order valence-corrected chi connectivity index (χ2v) is 9.17. The lowest BCUT2D eigenvalue weighted by Gasteiger charge is -2.19. The third kappa shape index (κ3) is 4.72. The number of hydrazine groups is 1. The van der Waals surface area contributed by atoms with Gasteiger partial charge in [-0.05, 0) is 56.2 Å². The fourth-order valence-electron chi connectivity index (χ4n) is 3.64. The molecule has 0 unspecified atom stereocenters. The van der Waals surface area contributed by atoms with Crippen LogP contribution < -0.4 is 16.4 Å². The zero-order chi connectivity index (χ0) is 24.2. The van der Waals surface area contributed by atoms with Crippen LogP contribution in [-0.4, -0.2) is 26.6 Å². The average Bonchev–Trinajstić information content (AvgIpc) is 2.84. The summed E-state index contributed by atoms with van der Waals surface area (Å²) < 4.78 is 1.57. The molecule has 4 aromatic rings. The summed E-state index contributed by atoms with van der Waals surface area (Å²) in [5, 5.41) is 0.263. The molecule has 1 aromatic heterocycles. The quantitative estimate of drug-likeness (QED) is 0.261. The maximum absolute atomic E-state index is 13.5. The van der Waals surface area contributed by atoms with Gasteiger partial charge in [-0.25, -0.2) is 4.98 Å². The summed E-state index contributed by atoms with van der Waals surface area (Å²) in [6.07, 6.45) is 0. The number of fused-ring (bicyclic) bond motifs is 1. The first-order valence-corrected chi connectivity index (χ1v) is 11.6. The Morgan fingerprint density at radius 3 is 2.24 bits per heavy atom. The zero-order valence-corrected chi connectivity index (χ0v) is 19.8. The van der Waals surface area contributed by atoms with Crippen molar-refractivity contribution in [2.75, 3.05) is 0 Å². The molecule has 1 heterocycles. The van der Waals surface area contributed by atoms with Crippen LogP contribution in [0, 0.1) is 13.8 Å². The van der Waals surface area contributed by atoms with Crippen molar-refractivity contribution in [2.45, 2.75) is 31.2 Å². The first-order chi connectivity index (χ1) is 16.4. The van der Waals surface area contributed by atoms with E-state index in [9.17, 15) is 14.4 Å². The van der Waals surface area contributed by atoms with Crippen LogP contribution in [0.1, 0.15) is 28.4 Å². The number of hydrogen-bond donors (Lipinski definition) is 2. The van der Waals surface area contributed by atoms with Crippen LogP contribution in [-0.2, 0) is 4.79 Å². The molecule has 4 rings (SSSR count). The summed E-state index contributed by atoms with van der Waals surface area (Å²) in [5.41, 5.74) is 8.28. The molecule has 3 aromatic carbocycles. The number of nitrogens with one attached hydrogen (secondary N) is 2. The lowest BCUT2D eigenvalue weighted by atomic mass is 10.1. The molecule has 34 heavy (non-hydrogen) atoms. The molecule has 0 spiro atoms. The Hall–Kier alpha value is -3.91.